The second kappa shape index (κ2) is 5.57. The topological polar surface area (TPSA) is 40.5 Å². The summed E-state index contributed by atoms with van der Waals surface area (Å²) in [4.78, 5) is 14.0. The third-order valence-corrected chi connectivity index (χ3v) is 5.15. The lowest BCUT2D eigenvalue weighted by molar-refractivity contribution is -0.149. The molecule has 0 unspecified atom stereocenters. The van der Waals surface area contributed by atoms with Crippen LogP contribution in [0.1, 0.15) is 31.2 Å². The molecule has 1 aliphatic carbocycles. The van der Waals surface area contributed by atoms with E-state index in [2.05, 4.69) is 29.2 Å². The van der Waals surface area contributed by atoms with Crippen LogP contribution in [0.4, 0.5) is 0 Å². The average molecular weight is 273 g/mol. The number of carbonyl (C=O) groups is 1. The Morgan fingerprint density at radius 2 is 2.15 bits per heavy atom. The number of carboxylic acids is 1. The van der Waals surface area contributed by atoms with E-state index >= 15 is 0 Å². The molecule has 0 spiro atoms. The molecule has 20 heavy (non-hydrogen) atoms. The molecular formula is C17H23NO2. The summed E-state index contributed by atoms with van der Waals surface area (Å²) in [5.41, 5.74) is 0.951. The zero-order chi connectivity index (χ0) is 14.0. The molecule has 1 heterocycles. The summed E-state index contributed by atoms with van der Waals surface area (Å²) >= 11 is 0. The van der Waals surface area contributed by atoms with Crippen LogP contribution in [0, 0.1) is 11.3 Å². The molecule has 108 valence electrons. The summed E-state index contributed by atoms with van der Waals surface area (Å²) < 4.78 is 0. The van der Waals surface area contributed by atoms with E-state index in [-0.39, 0.29) is 0 Å². The van der Waals surface area contributed by atoms with Crippen molar-refractivity contribution < 1.29 is 9.90 Å². The van der Waals surface area contributed by atoms with Gasteiger partial charge in [0.05, 0.1) is 5.41 Å². The van der Waals surface area contributed by atoms with Gasteiger partial charge in [0.2, 0.25) is 0 Å². The molecule has 0 aromatic heterocycles. The monoisotopic (exact) mass is 273 g/mol. The molecule has 3 heteroatoms. The van der Waals surface area contributed by atoms with Crippen LogP contribution >= 0.6 is 0 Å². The minimum absolute atomic E-state index is 0.386. The van der Waals surface area contributed by atoms with Gasteiger partial charge >= 0.3 is 5.97 Å². The predicted molar refractivity (Wildman–Crippen MR) is 78.6 cm³/mol. The van der Waals surface area contributed by atoms with Gasteiger partial charge in [-0.05, 0) is 43.7 Å². The van der Waals surface area contributed by atoms with Gasteiger partial charge in [-0.2, -0.15) is 0 Å². The second-order valence-corrected chi connectivity index (χ2v) is 6.37. The van der Waals surface area contributed by atoms with Crippen molar-refractivity contribution in [1.82, 2.24) is 4.90 Å². The quantitative estimate of drug-likeness (QED) is 0.897. The lowest BCUT2D eigenvalue weighted by atomic mass is 9.81. The van der Waals surface area contributed by atoms with E-state index in [4.69, 9.17) is 0 Å². The first-order valence-corrected chi connectivity index (χ1v) is 7.70. The molecular weight excluding hydrogens is 250 g/mol. The Bertz CT molecular complexity index is 473. The van der Waals surface area contributed by atoms with E-state index in [0.717, 1.165) is 51.7 Å². The molecule has 2 atom stereocenters. The molecule has 3 nitrogen and oxygen atoms in total. The van der Waals surface area contributed by atoms with Gasteiger partial charge in [-0.15, -0.1) is 0 Å². The van der Waals surface area contributed by atoms with E-state index in [9.17, 15) is 9.90 Å². The van der Waals surface area contributed by atoms with Gasteiger partial charge in [-0.1, -0.05) is 36.8 Å². The van der Waals surface area contributed by atoms with Crippen LogP contribution in [0.5, 0.6) is 0 Å². The summed E-state index contributed by atoms with van der Waals surface area (Å²) in [7, 11) is 0. The largest absolute Gasteiger partial charge is 0.481 e. The van der Waals surface area contributed by atoms with Crippen LogP contribution in [0.15, 0.2) is 30.3 Å². The number of likely N-dealkylation sites (tertiary alicyclic amines) is 1. The highest BCUT2D eigenvalue weighted by atomic mass is 16.4. The number of aryl methyl sites for hydroxylation is 1. The van der Waals surface area contributed by atoms with Crippen molar-refractivity contribution in [2.24, 2.45) is 11.3 Å². The molecule has 0 radical (unpaired) electrons. The minimum atomic E-state index is -0.564. The number of carboxylic acid groups (broad SMARTS) is 1. The van der Waals surface area contributed by atoms with Crippen molar-refractivity contribution in [1.29, 1.82) is 0 Å². The maximum absolute atomic E-state index is 11.6. The number of hydrogen-bond acceptors (Lipinski definition) is 2. The van der Waals surface area contributed by atoms with E-state index in [0.29, 0.717) is 5.92 Å². The molecule has 1 aliphatic heterocycles. The Kier molecular flexibility index (Phi) is 3.79. The molecule has 1 N–H and O–H groups in total. The Morgan fingerprint density at radius 3 is 2.85 bits per heavy atom. The SMILES string of the molecule is O=C(O)[C@@]12CCC[C@H]1CN(CCCc1ccccc1)C2. The number of aliphatic carboxylic acids is 1. The van der Waals surface area contributed by atoms with Crippen molar-refractivity contribution >= 4 is 5.97 Å². The normalized spacial score (nSPS) is 29.5. The molecule has 3 rings (SSSR count). The highest BCUT2D eigenvalue weighted by Crippen LogP contribution is 2.48. The number of nitrogens with zero attached hydrogens (tertiary/aromatic N) is 1. The maximum atomic E-state index is 11.6. The molecule has 0 bridgehead atoms. The van der Waals surface area contributed by atoms with E-state index in [1.54, 1.807) is 0 Å². The molecule has 1 saturated heterocycles. The smallest absolute Gasteiger partial charge is 0.311 e. The average Bonchev–Trinajstić information content (AvgIpc) is 2.97. The lowest BCUT2D eigenvalue weighted by Gasteiger charge is -2.23. The fourth-order valence-electron chi connectivity index (χ4n) is 4.06. The first-order chi connectivity index (χ1) is 9.71. The summed E-state index contributed by atoms with van der Waals surface area (Å²) in [6, 6.07) is 10.5. The van der Waals surface area contributed by atoms with Gasteiger partial charge in [-0.25, -0.2) is 0 Å². The molecule has 0 amide bonds. The Morgan fingerprint density at radius 1 is 1.35 bits per heavy atom. The molecule has 1 saturated carbocycles. The third-order valence-electron chi connectivity index (χ3n) is 5.15. The summed E-state index contributed by atoms with van der Waals surface area (Å²) in [5, 5.41) is 9.57. The Hall–Kier alpha value is -1.35. The molecule has 1 aromatic carbocycles. The van der Waals surface area contributed by atoms with Crippen molar-refractivity contribution in [3.8, 4) is 0 Å². The second-order valence-electron chi connectivity index (χ2n) is 6.37. The van der Waals surface area contributed by atoms with Gasteiger partial charge in [0.1, 0.15) is 0 Å². The van der Waals surface area contributed by atoms with Crippen molar-refractivity contribution in [2.75, 3.05) is 19.6 Å². The fraction of sp³-hybridized carbons (Fsp3) is 0.588. The van der Waals surface area contributed by atoms with Crippen molar-refractivity contribution in [2.45, 2.75) is 32.1 Å². The van der Waals surface area contributed by atoms with Gasteiger partial charge in [-0.3, -0.25) is 4.79 Å². The van der Waals surface area contributed by atoms with Crippen molar-refractivity contribution in [3.05, 3.63) is 35.9 Å². The zero-order valence-electron chi connectivity index (χ0n) is 11.9. The summed E-state index contributed by atoms with van der Waals surface area (Å²) in [6.45, 7) is 2.78. The van der Waals surface area contributed by atoms with Crippen LogP contribution in [0.25, 0.3) is 0 Å². The van der Waals surface area contributed by atoms with E-state index < -0.39 is 11.4 Å². The van der Waals surface area contributed by atoms with Crippen LogP contribution < -0.4 is 0 Å². The highest BCUT2D eigenvalue weighted by molar-refractivity contribution is 5.76. The number of fused-ring (bicyclic) bond motifs is 1. The molecule has 1 aromatic rings. The van der Waals surface area contributed by atoms with Crippen molar-refractivity contribution in [3.63, 3.8) is 0 Å². The van der Waals surface area contributed by atoms with E-state index in [1.165, 1.54) is 5.56 Å². The number of benzene rings is 1. The molecule has 2 aliphatic rings. The van der Waals surface area contributed by atoms with E-state index in [1.807, 2.05) is 6.07 Å². The molecule has 2 fully saturated rings. The van der Waals surface area contributed by atoms with Gasteiger partial charge in [0, 0.05) is 13.1 Å². The fourth-order valence-corrected chi connectivity index (χ4v) is 4.06. The van der Waals surface area contributed by atoms with Crippen LogP contribution in [0.2, 0.25) is 0 Å². The first kappa shape index (κ1) is 13.6. The number of rotatable bonds is 5. The Balaban J connectivity index is 1.52. The summed E-state index contributed by atoms with van der Waals surface area (Å²) in [6.07, 6.45) is 5.27. The van der Waals surface area contributed by atoms with Crippen LogP contribution in [-0.2, 0) is 11.2 Å². The van der Waals surface area contributed by atoms with Gasteiger partial charge in [0.15, 0.2) is 0 Å². The van der Waals surface area contributed by atoms with Crippen LogP contribution in [0.3, 0.4) is 0 Å². The highest BCUT2D eigenvalue weighted by Gasteiger charge is 2.54. The first-order valence-electron chi connectivity index (χ1n) is 7.70. The summed E-state index contributed by atoms with van der Waals surface area (Å²) in [5.74, 6) is -0.178. The predicted octanol–water partition coefficient (Wildman–Crippen LogP) is 2.81. The standard InChI is InChI=1S/C17H23NO2/c19-16(20)17-10-4-9-15(17)12-18(13-17)11-5-8-14-6-2-1-3-7-14/h1-3,6-7,15H,4-5,8-13H2,(H,19,20)/t15-,17+/m0/s1. The zero-order valence-corrected chi connectivity index (χ0v) is 11.9. The van der Waals surface area contributed by atoms with Crippen LogP contribution in [-0.4, -0.2) is 35.6 Å². The lowest BCUT2D eigenvalue weighted by Crippen LogP contribution is -2.35. The third kappa shape index (κ3) is 2.47. The minimum Gasteiger partial charge on any atom is -0.481 e. The van der Waals surface area contributed by atoms with Gasteiger partial charge in [0.25, 0.3) is 0 Å². The number of hydrogen-bond donors (Lipinski definition) is 1. The Labute approximate surface area is 120 Å². The van der Waals surface area contributed by atoms with Gasteiger partial charge < -0.3 is 10.0 Å². The maximum Gasteiger partial charge on any atom is 0.311 e.